The number of ether oxygens (including phenoxy) is 2. The van der Waals surface area contributed by atoms with Crippen LogP contribution in [0.25, 0.3) is 16.7 Å². The van der Waals surface area contributed by atoms with Crippen LogP contribution in [0.2, 0.25) is 0 Å². The Morgan fingerprint density at radius 1 is 1.10 bits per heavy atom. The predicted molar refractivity (Wildman–Crippen MR) is 162 cm³/mol. The van der Waals surface area contributed by atoms with Gasteiger partial charge in [-0.05, 0) is 90.7 Å². The Bertz CT molecular complexity index is 1870. The Kier molecular flexibility index (Phi) is 8.52. The Labute approximate surface area is 242 Å². The summed E-state index contributed by atoms with van der Waals surface area (Å²) in [5, 5.41) is -0.0654. The van der Waals surface area contributed by atoms with Gasteiger partial charge in [0.15, 0.2) is 0 Å². The average molecular weight is 656 g/mol. The van der Waals surface area contributed by atoms with Crippen molar-refractivity contribution in [2.24, 2.45) is 12.0 Å². The van der Waals surface area contributed by atoms with Gasteiger partial charge in [-0.1, -0.05) is 12.1 Å². The number of methoxy groups -OCH3 is 1. The molecular weight excluding hydrogens is 630 g/mol. The van der Waals surface area contributed by atoms with Crippen LogP contribution in [0.4, 0.5) is 4.39 Å². The zero-order valence-corrected chi connectivity index (χ0v) is 24.4. The summed E-state index contributed by atoms with van der Waals surface area (Å²) in [5.41, 5.74) is -0.933. The van der Waals surface area contributed by atoms with Gasteiger partial charge in [0, 0.05) is 22.9 Å². The zero-order chi connectivity index (χ0) is 29.1. The van der Waals surface area contributed by atoms with Crippen LogP contribution in [0.15, 0.2) is 91.5 Å². The van der Waals surface area contributed by atoms with Crippen molar-refractivity contribution < 1.29 is 13.9 Å². The molecule has 0 aliphatic rings. The molecule has 0 aliphatic heterocycles. The lowest BCUT2D eigenvalue weighted by Gasteiger charge is -2.19. The highest BCUT2D eigenvalue weighted by atomic mass is 127. The van der Waals surface area contributed by atoms with Crippen LogP contribution in [0.3, 0.4) is 0 Å². The van der Waals surface area contributed by atoms with E-state index in [9.17, 15) is 14.4 Å². The molecule has 0 bridgehead atoms. The van der Waals surface area contributed by atoms with Gasteiger partial charge in [0.25, 0.3) is 11.1 Å². The molecule has 0 saturated heterocycles. The maximum Gasteiger partial charge on any atom is 0.337 e. The topological polar surface area (TPSA) is 96.8 Å². The van der Waals surface area contributed by atoms with Gasteiger partial charge in [-0.3, -0.25) is 23.7 Å². The van der Waals surface area contributed by atoms with Crippen LogP contribution in [-0.4, -0.2) is 27.5 Å². The number of hydrogen-bond acceptors (Lipinski definition) is 6. The number of fused-ring (bicyclic) bond motifs is 1. The standard InChI is InChI=1S/C29H26FIN4O5/c1-17(15-32-3)12-18(2)40-24-14-25(36)33(4)27-26(24)28(37)34(16-19-6-9-21(39-5)10-7-19)29(38)35(27)23-11-8-20(31)13-22(23)30/h6-15H,3,16H2,1-2,4-5H3/b17-15-,18-12+. The summed E-state index contributed by atoms with van der Waals surface area (Å²) in [4.78, 5) is 44.7. The molecule has 2 aromatic carbocycles. The highest BCUT2D eigenvalue weighted by molar-refractivity contribution is 14.1. The van der Waals surface area contributed by atoms with Gasteiger partial charge in [-0.2, -0.15) is 0 Å². The minimum Gasteiger partial charge on any atom is -0.497 e. The number of rotatable bonds is 8. The molecule has 4 aromatic rings. The van der Waals surface area contributed by atoms with E-state index in [1.807, 2.05) is 22.6 Å². The van der Waals surface area contributed by atoms with Gasteiger partial charge < -0.3 is 9.47 Å². The molecule has 40 heavy (non-hydrogen) atoms. The van der Waals surface area contributed by atoms with Crippen molar-refractivity contribution in [3.05, 3.63) is 118 Å². The van der Waals surface area contributed by atoms with E-state index >= 15 is 4.39 Å². The molecule has 0 unspecified atom stereocenters. The Hall–Kier alpha value is -4.26. The highest BCUT2D eigenvalue weighted by Crippen LogP contribution is 2.25. The smallest absolute Gasteiger partial charge is 0.337 e. The van der Waals surface area contributed by atoms with Crippen LogP contribution >= 0.6 is 22.6 Å². The molecule has 0 atom stereocenters. The number of halogens is 2. The molecule has 0 fully saturated rings. The molecule has 0 saturated carbocycles. The number of pyridine rings is 1. The van der Waals surface area contributed by atoms with Crippen molar-refractivity contribution in [2.45, 2.75) is 20.4 Å². The van der Waals surface area contributed by atoms with E-state index in [2.05, 4.69) is 11.7 Å². The Morgan fingerprint density at radius 3 is 2.42 bits per heavy atom. The number of aliphatic imine (C=N–C) groups is 1. The third-order valence-corrected chi connectivity index (χ3v) is 6.78. The van der Waals surface area contributed by atoms with Crippen LogP contribution in [-0.2, 0) is 13.6 Å². The van der Waals surface area contributed by atoms with Crippen LogP contribution in [0.5, 0.6) is 11.5 Å². The molecule has 2 heterocycles. The van der Waals surface area contributed by atoms with E-state index in [4.69, 9.17) is 9.47 Å². The van der Waals surface area contributed by atoms with E-state index < -0.39 is 22.6 Å². The second-order valence-corrected chi connectivity index (χ2v) is 10.2. The number of aromatic nitrogens is 3. The summed E-state index contributed by atoms with van der Waals surface area (Å²) < 4.78 is 30.3. The van der Waals surface area contributed by atoms with Crippen molar-refractivity contribution in [1.82, 2.24) is 13.7 Å². The largest absolute Gasteiger partial charge is 0.497 e. The molecule has 0 N–H and O–H groups in total. The van der Waals surface area contributed by atoms with Gasteiger partial charge in [-0.25, -0.2) is 13.8 Å². The first-order chi connectivity index (χ1) is 19.0. The van der Waals surface area contributed by atoms with E-state index in [1.54, 1.807) is 50.3 Å². The third-order valence-electron chi connectivity index (χ3n) is 6.11. The maximum absolute atomic E-state index is 15.3. The van der Waals surface area contributed by atoms with Crippen LogP contribution < -0.4 is 26.3 Å². The molecule has 9 nitrogen and oxygen atoms in total. The summed E-state index contributed by atoms with van der Waals surface area (Å²) in [6, 6.07) is 12.4. The summed E-state index contributed by atoms with van der Waals surface area (Å²) in [6.45, 7) is 6.73. The molecule has 0 aliphatic carbocycles. The fraction of sp³-hybridized carbons (Fsp3) is 0.172. The molecular formula is C29H26FIN4O5. The number of benzene rings is 2. The number of allylic oxidation sites excluding steroid dienone is 3. The molecule has 0 radical (unpaired) electrons. The van der Waals surface area contributed by atoms with Gasteiger partial charge in [0.1, 0.15) is 34.1 Å². The van der Waals surface area contributed by atoms with Crippen LogP contribution in [0.1, 0.15) is 19.4 Å². The van der Waals surface area contributed by atoms with Crippen LogP contribution in [0, 0.1) is 9.39 Å². The first-order valence-corrected chi connectivity index (χ1v) is 13.1. The Balaban J connectivity index is 2.10. The maximum atomic E-state index is 15.3. The lowest BCUT2D eigenvalue weighted by molar-refractivity contribution is 0.414. The lowest BCUT2D eigenvalue weighted by Crippen LogP contribution is -2.42. The second kappa shape index (κ2) is 11.9. The van der Waals surface area contributed by atoms with Crippen molar-refractivity contribution >= 4 is 40.3 Å². The summed E-state index contributed by atoms with van der Waals surface area (Å²) in [6.07, 6.45) is 3.18. The first kappa shape index (κ1) is 28.7. The number of aryl methyl sites for hydroxylation is 1. The number of hydrogen-bond donors (Lipinski definition) is 0. The third kappa shape index (κ3) is 5.69. The highest BCUT2D eigenvalue weighted by Gasteiger charge is 2.23. The predicted octanol–water partition coefficient (Wildman–Crippen LogP) is 4.54. The van der Waals surface area contributed by atoms with Gasteiger partial charge in [-0.15, -0.1) is 0 Å². The minimum atomic E-state index is -0.816. The fourth-order valence-electron chi connectivity index (χ4n) is 4.28. The SMILES string of the molecule is C=N/C=C(C)\C=C(/C)Oc1cc(=O)n(C)c2c1c(=O)n(Cc1ccc(OC)cc1)c(=O)n2-c1ccc(I)cc1F. The average Bonchev–Trinajstić information content (AvgIpc) is 2.90. The molecule has 11 heteroatoms. The molecule has 206 valence electrons. The molecule has 2 aromatic heterocycles. The van der Waals surface area contributed by atoms with Crippen molar-refractivity contribution in [2.75, 3.05) is 7.11 Å². The first-order valence-electron chi connectivity index (χ1n) is 12.0. The number of nitrogens with zero attached hydrogens (tertiary/aromatic N) is 4. The fourth-order valence-corrected chi connectivity index (χ4v) is 4.73. The monoisotopic (exact) mass is 656 g/mol. The van der Waals surface area contributed by atoms with E-state index in [-0.39, 0.29) is 29.0 Å². The van der Waals surface area contributed by atoms with Crippen molar-refractivity contribution in [1.29, 1.82) is 0 Å². The summed E-state index contributed by atoms with van der Waals surface area (Å²) in [7, 11) is 2.94. The van der Waals surface area contributed by atoms with Gasteiger partial charge in [0.05, 0.1) is 19.3 Å². The van der Waals surface area contributed by atoms with Gasteiger partial charge in [0.2, 0.25) is 0 Å². The molecule has 0 amide bonds. The lowest BCUT2D eigenvalue weighted by atomic mass is 10.2. The van der Waals surface area contributed by atoms with Crippen molar-refractivity contribution in [3.63, 3.8) is 0 Å². The second-order valence-electron chi connectivity index (χ2n) is 8.97. The van der Waals surface area contributed by atoms with E-state index in [1.165, 1.54) is 38.6 Å². The van der Waals surface area contributed by atoms with Crippen molar-refractivity contribution in [3.8, 4) is 17.2 Å². The zero-order valence-electron chi connectivity index (χ0n) is 22.3. The minimum absolute atomic E-state index is 0.0654. The summed E-state index contributed by atoms with van der Waals surface area (Å²) in [5.74, 6) is 0.194. The molecule has 0 spiro atoms. The van der Waals surface area contributed by atoms with E-state index in [0.29, 0.717) is 20.6 Å². The normalized spacial score (nSPS) is 12.1. The Morgan fingerprint density at radius 2 is 1.80 bits per heavy atom. The molecule has 4 rings (SSSR count). The quantitative estimate of drug-likeness (QED) is 0.120. The van der Waals surface area contributed by atoms with E-state index in [0.717, 1.165) is 19.3 Å². The van der Waals surface area contributed by atoms with Gasteiger partial charge >= 0.3 is 5.69 Å². The summed E-state index contributed by atoms with van der Waals surface area (Å²) >= 11 is 1.96.